The van der Waals surface area contributed by atoms with E-state index in [0.717, 1.165) is 17.1 Å². The molecule has 0 saturated heterocycles. The summed E-state index contributed by atoms with van der Waals surface area (Å²) in [5, 5.41) is 7.62. The highest BCUT2D eigenvalue weighted by molar-refractivity contribution is 7.64. The van der Waals surface area contributed by atoms with Crippen LogP contribution in [0.25, 0.3) is 22.5 Å². The molecule has 2 nitrogen and oxygen atoms in total. The second-order valence-electron chi connectivity index (χ2n) is 8.80. The van der Waals surface area contributed by atoms with E-state index in [-0.39, 0.29) is 14.0 Å². The number of aliphatic imine (C=N–C) groups is 1. The average molecular weight is 445 g/mol. The van der Waals surface area contributed by atoms with Crippen molar-refractivity contribution in [1.29, 1.82) is 0 Å². The molecule has 1 aliphatic carbocycles. The van der Waals surface area contributed by atoms with E-state index in [1.165, 1.54) is 38.3 Å². The molecule has 4 aromatic rings. The van der Waals surface area contributed by atoms with Crippen LogP contribution in [-0.4, -0.2) is 19.2 Å². The first-order chi connectivity index (χ1) is 16.2. The Hall–Kier alpha value is -3.48. The fourth-order valence-corrected chi connectivity index (χ4v) is 5.47. The molecule has 0 fully saturated rings. The van der Waals surface area contributed by atoms with E-state index in [4.69, 9.17) is 4.99 Å². The van der Waals surface area contributed by atoms with E-state index in [9.17, 15) is 0 Å². The molecule has 1 heterocycles. The Balaban J connectivity index is 1.56. The highest BCUT2D eigenvalue weighted by Gasteiger charge is 2.29. The number of nitrogens with one attached hydrogen (secondary N) is 1. The van der Waals surface area contributed by atoms with Crippen molar-refractivity contribution in [3.8, 4) is 0 Å². The maximum atomic E-state index is 5.26. The Bertz CT molecular complexity index is 1460. The summed E-state index contributed by atoms with van der Waals surface area (Å²) in [4.78, 5) is 5.26. The molecule has 0 saturated carbocycles. The summed E-state index contributed by atoms with van der Waals surface area (Å²) in [5.74, 6) is 0.925. The first-order valence-electron chi connectivity index (χ1n) is 11.3. The first-order valence-corrected chi connectivity index (χ1v) is 13.5. The lowest BCUT2D eigenvalue weighted by molar-refractivity contribution is 0.835. The number of fused-ring (bicyclic) bond motifs is 4. The Morgan fingerprint density at radius 3 is 2.33 bits per heavy atom. The third-order valence-corrected chi connectivity index (χ3v) is 7.81. The fraction of sp³-hybridized carbons (Fsp3) is 0.100. The zero-order chi connectivity index (χ0) is 22.4. The Morgan fingerprint density at radius 1 is 0.727 bits per heavy atom. The maximum Gasteiger partial charge on any atom is 0.133 e. The molecule has 1 atom stereocenters. The predicted octanol–water partition coefficient (Wildman–Crippen LogP) is 6.74. The van der Waals surface area contributed by atoms with Gasteiger partial charge in [-0.3, -0.25) is 4.99 Å². The molecule has 0 amide bonds. The van der Waals surface area contributed by atoms with Gasteiger partial charge < -0.3 is 5.32 Å². The number of amidine groups is 1. The lowest BCUT2D eigenvalue weighted by atomic mass is 9.85. The van der Waals surface area contributed by atoms with E-state index in [1.807, 2.05) is 6.07 Å². The SMILES string of the molecule is CP(C)c1ccc2c(c1)C1N=C(c3ccccc3)NC(c3ccc4ccccc4c3)=C1C=C2. The second kappa shape index (κ2) is 8.14. The fourth-order valence-electron chi connectivity index (χ4n) is 4.70. The van der Waals surface area contributed by atoms with Crippen LogP contribution in [0.15, 0.2) is 108 Å². The van der Waals surface area contributed by atoms with E-state index < -0.39 is 0 Å². The zero-order valence-corrected chi connectivity index (χ0v) is 19.7. The van der Waals surface area contributed by atoms with Gasteiger partial charge in [0.15, 0.2) is 0 Å². The van der Waals surface area contributed by atoms with Crippen LogP contribution in [0.3, 0.4) is 0 Å². The van der Waals surface area contributed by atoms with Crippen molar-refractivity contribution in [2.45, 2.75) is 6.04 Å². The van der Waals surface area contributed by atoms with Crippen LogP contribution in [0.4, 0.5) is 0 Å². The highest BCUT2D eigenvalue weighted by Crippen LogP contribution is 2.41. The number of nitrogens with zero attached hydrogens (tertiary/aromatic N) is 1. The molecule has 33 heavy (non-hydrogen) atoms. The minimum absolute atomic E-state index is 0.0159. The molecule has 160 valence electrons. The number of hydrogen-bond acceptors (Lipinski definition) is 2. The number of rotatable bonds is 3. The molecular formula is C30H25N2P. The molecule has 0 spiro atoms. The summed E-state index contributed by atoms with van der Waals surface area (Å²) < 4.78 is 0. The van der Waals surface area contributed by atoms with Gasteiger partial charge in [0.2, 0.25) is 0 Å². The third-order valence-electron chi connectivity index (χ3n) is 6.49. The van der Waals surface area contributed by atoms with Crippen LogP contribution in [0, 0.1) is 0 Å². The molecule has 6 rings (SSSR count). The van der Waals surface area contributed by atoms with E-state index >= 15 is 0 Å². The van der Waals surface area contributed by atoms with Crippen molar-refractivity contribution in [1.82, 2.24) is 5.32 Å². The molecule has 0 radical (unpaired) electrons. The zero-order valence-electron chi connectivity index (χ0n) is 18.8. The molecule has 3 heteroatoms. The van der Waals surface area contributed by atoms with Crippen LogP contribution in [-0.2, 0) is 0 Å². The van der Waals surface area contributed by atoms with Gasteiger partial charge >= 0.3 is 0 Å². The van der Waals surface area contributed by atoms with Crippen molar-refractivity contribution in [2.24, 2.45) is 4.99 Å². The van der Waals surface area contributed by atoms with Crippen molar-refractivity contribution >= 4 is 41.6 Å². The molecule has 2 aliphatic rings. The molecule has 1 unspecified atom stereocenters. The average Bonchev–Trinajstić information content (AvgIpc) is 2.87. The van der Waals surface area contributed by atoms with Crippen LogP contribution < -0.4 is 10.6 Å². The minimum atomic E-state index is -0.169. The molecular weight excluding hydrogens is 419 g/mol. The summed E-state index contributed by atoms with van der Waals surface area (Å²) in [7, 11) is -0.169. The van der Waals surface area contributed by atoms with Gasteiger partial charge in [0.25, 0.3) is 0 Å². The van der Waals surface area contributed by atoms with E-state index in [0.29, 0.717) is 0 Å². The molecule has 4 aromatic carbocycles. The van der Waals surface area contributed by atoms with Crippen molar-refractivity contribution in [3.05, 3.63) is 125 Å². The van der Waals surface area contributed by atoms with E-state index in [2.05, 4.69) is 116 Å². The van der Waals surface area contributed by atoms with Gasteiger partial charge in [-0.15, -0.1) is 0 Å². The van der Waals surface area contributed by atoms with Gasteiger partial charge in [-0.25, -0.2) is 0 Å². The van der Waals surface area contributed by atoms with Crippen LogP contribution in [0.1, 0.15) is 28.3 Å². The number of benzene rings is 4. The monoisotopic (exact) mass is 444 g/mol. The second-order valence-corrected chi connectivity index (χ2v) is 11.1. The normalized spacial score (nSPS) is 16.9. The molecule has 1 aliphatic heterocycles. The summed E-state index contributed by atoms with van der Waals surface area (Å²) in [6, 6.07) is 32.6. The Labute approximate surface area is 196 Å². The summed E-state index contributed by atoms with van der Waals surface area (Å²) in [5.41, 5.74) is 7.23. The largest absolute Gasteiger partial charge is 0.339 e. The summed E-state index contributed by atoms with van der Waals surface area (Å²) in [6.45, 7) is 4.63. The molecule has 0 bridgehead atoms. The highest BCUT2D eigenvalue weighted by atomic mass is 31.1. The Kier molecular flexibility index (Phi) is 4.97. The van der Waals surface area contributed by atoms with Crippen molar-refractivity contribution in [2.75, 3.05) is 13.3 Å². The summed E-state index contributed by atoms with van der Waals surface area (Å²) in [6.07, 6.45) is 4.49. The van der Waals surface area contributed by atoms with Crippen molar-refractivity contribution < 1.29 is 0 Å². The first kappa shape index (κ1) is 20.1. The topological polar surface area (TPSA) is 24.4 Å². The molecule has 1 N–H and O–H groups in total. The van der Waals surface area contributed by atoms with Crippen LogP contribution >= 0.6 is 7.92 Å². The third kappa shape index (κ3) is 3.61. The summed E-state index contributed by atoms with van der Waals surface area (Å²) >= 11 is 0. The van der Waals surface area contributed by atoms with Gasteiger partial charge in [-0.05, 0) is 58.2 Å². The van der Waals surface area contributed by atoms with Gasteiger partial charge in [-0.1, -0.05) is 98.9 Å². The quantitative estimate of drug-likeness (QED) is 0.348. The molecule has 0 aromatic heterocycles. The van der Waals surface area contributed by atoms with Crippen molar-refractivity contribution in [3.63, 3.8) is 0 Å². The van der Waals surface area contributed by atoms with Gasteiger partial charge in [0, 0.05) is 11.1 Å². The standard InChI is InChI=1S/C30H25N2P/c1-33(2)25-16-14-21-15-17-26-28(24-13-12-20-8-6-7-11-23(20)18-24)31-30(22-9-4-3-5-10-22)32-29(26)27(21)19-25/h3-19,29H,1-2H3,(H,31,32). The predicted molar refractivity (Wildman–Crippen MR) is 144 cm³/mol. The Morgan fingerprint density at radius 2 is 1.52 bits per heavy atom. The van der Waals surface area contributed by atoms with Crippen LogP contribution in [0.2, 0.25) is 0 Å². The van der Waals surface area contributed by atoms with E-state index in [1.54, 1.807) is 0 Å². The van der Waals surface area contributed by atoms with Gasteiger partial charge in [0.1, 0.15) is 11.9 Å². The maximum absolute atomic E-state index is 5.26. The number of hydrogen-bond donors (Lipinski definition) is 1. The lowest BCUT2D eigenvalue weighted by Crippen LogP contribution is -2.31. The van der Waals surface area contributed by atoms with Gasteiger partial charge in [0.05, 0.1) is 5.70 Å². The van der Waals surface area contributed by atoms with Gasteiger partial charge in [-0.2, -0.15) is 0 Å². The minimum Gasteiger partial charge on any atom is -0.339 e. The lowest BCUT2D eigenvalue weighted by Gasteiger charge is -2.31. The van der Waals surface area contributed by atoms with Crippen LogP contribution in [0.5, 0.6) is 0 Å². The smallest absolute Gasteiger partial charge is 0.133 e.